The van der Waals surface area contributed by atoms with Gasteiger partial charge in [-0.2, -0.15) is 0 Å². The smallest absolute Gasteiger partial charge is 0.264 e. The van der Waals surface area contributed by atoms with Crippen molar-refractivity contribution in [3.05, 3.63) is 40.2 Å². The number of likely N-dealkylation sites (N-methyl/N-ethyl adjacent to an activating group) is 1. The molecule has 1 fully saturated rings. The standard InChI is InChI=1S/C18H19N5O2S2/c1-21(18(25)14-3-2-9-26-14)11-15(24)22-5-7-23(8-6-22)16-13-4-10-27-17(13)20-12-19-16/h2-4,9-10,12H,5-8,11H2,1H3. The SMILES string of the molecule is CN(CC(=O)N1CCN(c2ncnc3sccc23)CC1)C(=O)c1cccs1. The van der Waals surface area contributed by atoms with Gasteiger partial charge in [-0.3, -0.25) is 9.59 Å². The Balaban J connectivity index is 1.35. The Bertz CT molecular complexity index is 948. The van der Waals surface area contributed by atoms with E-state index in [0.717, 1.165) is 29.1 Å². The number of carbonyl (C=O) groups is 2. The summed E-state index contributed by atoms with van der Waals surface area (Å²) in [6.07, 6.45) is 1.59. The Morgan fingerprint density at radius 1 is 1.11 bits per heavy atom. The lowest BCUT2D eigenvalue weighted by molar-refractivity contribution is -0.131. The Kier molecular flexibility index (Phi) is 5.04. The van der Waals surface area contributed by atoms with Gasteiger partial charge in [0.15, 0.2) is 0 Å². The van der Waals surface area contributed by atoms with Gasteiger partial charge in [-0.05, 0) is 22.9 Å². The number of fused-ring (bicyclic) bond motifs is 1. The largest absolute Gasteiger partial charge is 0.352 e. The molecule has 0 radical (unpaired) electrons. The van der Waals surface area contributed by atoms with E-state index in [0.29, 0.717) is 18.0 Å². The highest BCUT2D eigenvalue weighted by molar-refractivity contribution is 7.16. The van der Waals surface area contributed by atoms with Gasteiger partial charge in [0.05, 0.1) is 16.8 Å². The molecule has 4 rings (SSSR count). The molecule has 0 aliphatic carbocycles. The third kappa shape index (κ3) is 3.65. The van der Waals surface area contributed by atoms with E-state index in [1.165, 1.54) is 16.2 Å². The topological polar surface area (TPSA) is 69.6 Å². The second-order valence-electron chi connectivity index (χ2n) is 6.34. The van der Waals surface area contributed by atoms with E-state index in [-0.39, 0.29) is 18.4 Å². The van der Waals surface area contributed by atoms with E-state index >= 15 is 0 Å². The van der Waals surface area contributed by atoms with Crippen molar-refractivity contribution in [2.45, 2.75) is 0 Å². The number of piperazine rings is 1. The van der Waals surface area contributed by atoms with Crippen LogP contribution in [0.5, 0.6) is 0 Å². The molecule has 140 valence electrons. The maximum absolute atomic E-state index is 12.6. The molecule has 9 heteroatoms. The van der Waals surface area contributed by atoms with Crippen molar-refractivity contribution in [3.63, 3.8) is 0 Å². The van der Waals surface area contributed by atoms with Crippen LogP contribution in [0.15, 0.2) is 35.3 Å². The molecule has 0 N–H and O–H groups in total. The first-order valence-corrected chi connectivity index (χ1v) is 10.4. The number of aromatic nitrogens is 2. The van der Waals surface area contributed by atoms with E-state index < -0.39 is 0 Å². The number of amides is 2. The molecular formula is C18H19N5O2S2. The van der Waals surface area contributed by atoms with Crippen LogP contribution in [0.3, 0.4) is 0 Å². The number of thiophene rings is 2. The Hall–Kier alpha value is -2.52. The molecule has 2 amide bonds. The van der Waals surface area contributed by atoms with Crippen LogP contribution in [-0.2, 0) is 4.79 Å². The zero-order chi connectivity index (χ0) is 18.8. The number of nitrogens with zero attached hydrogens (tertiary/aromatic N) is 5. The van der Waals surface area contributed by atoms with E-state index in [4.69, 9.17) is 0 Å². The van der Waals surface area contributed by atoms with Gasteiger partial charge in [0.1, 0.15) is 17.0 Å². The molecule has 3 aromatic rings. The minimum atomic E-state index is -0.113. The fourth-order valence-electron chi connectivity index (χ4n) is 3.16. The van der Waals surface area contributed by atoms with Gasteiger partial charge in [0, 0.05) is 33.2 Å². The van der Waals surface area contributed by atoms with Crippen molar-refractivity contribution in [1.29, 1.82) is 0 Å². The van der Waals surface area contributed by atoms with Crippen LogP contribution in [-0.4, -0.2) is 71.4 Å². The summed E-state index contributed by atoms with van der Waals surface area (Å²) in [5, 5.41) is 4.94. The zero-order valence-electron chi connectivity index (χ0n) is 14.9. The van der Waals surface area contributed by atoms with Crippen molar-refractivity contribution in [2.24, 2.45) is 0 Å². The van der Waals surface area contributed by atoms with Gasteiger partial charge < -0.3 is 14.7 Å². The zero-order valence-corrected chi connectivity index (χ0v) is 16.5. The minimum Gasteiger partial charge on any atom is -0.352 e. The first-order valence-electron chi connectivity index (χ1n) is 8.63. The van der Waals surface area contributed by atoms with Crippen LogP contribution in [0.4, 0.5) is 5.82 Å². The predicted octanol–water partition coefficient (Wildman–Crippen LogP) is 2.17. The molecule has 0 spiro atoms. The van der Waals surface area contributed by atoms with Crippen molar-refractivity contribution in [3.8, 4) is 0 Å². The normalized spacial score (nSPS) is 14.6. The highest BCUT2D eigenvalue weighted by Crippen LogP contribution is 2.27. The van der Waals surface area contributed by atoms with Gasteiger partial charge in [-0.25, -0.2) is 9.97 Å². The molecule has 0 atom stereocenters. The summed E-state index contributed by atoms with van der Waals surface area (Å²) in [6, 6.07) is 5.65. The minimum absolute atomic E-state index is 0.0228. The van der Waals surface area contributed by atoms with Gasteiger partial charge >= 0.3 is 0 Å². The average Bonchev–Trinajstić information content (AvgIpc) is 3.38. The molecule has 1 saturated heterocycles. The Morgan fingerprint density at radius 3 is 2.67 bits per heavy atom. The van der Waals surface area contributed by atoms with Gasteiger partial charge in [0.2, 0.25) is 5.91 Å². The summed E-state index contributed by atoms with van der Waals surface area (Å²) in [5.41, 5.74) is 0. The number of rotatable bonds is 4. The maximum atomic E-state index is 12.6. The summed E-state index contributed by atoms with van der Waals surface area (Å²) in [6.45, 7) is 2.77. The fraction of sp³-hybridized carbons (Fsp3) is 0.333. The van der Waals surface area contributed by atoms with E-state index in [2.05, 4.69) is 14.9 Å². The van der Waals surface area contributed by atoms with Crippen molar-refractivity contribution in [1.82, 2.24) is 19.8 Å². The quantitative estimate of drug-likeness (QED) is 0.670. The first kappa shape index (κ1) is 17.9. The number of hydrogen-bond acceptors (Lipinski definition) is 7. The summed E-state index contributed by atoms with van der Waals surface area (Å²) in [4.78, 5) is 40.8. The Labute approximate surface area is 164 Å². The maximum Gasteiger partial charge on any atom is 0.264 e. The molecule has 1 aliphatic rings. The molecular weight excluding hydrogens is 382 g/mol. The van der Waals surface area contributed by atoms with Crippen LogP contribution in [0.1, 0.15) is 9.67 Å². The lowest BCUT2D eigenvalue weighted by atomic mass is 10.2. The first-order chi connectivity index (χ1) is 13.1. The molecule has 0 aromatic carbocycles. The van der Waals surface area contributed by atoms with Gasteiger partial charge in [0.25, 0.3) is 5.91 Å². The highest BCUT2D eigenvalue weighted by Gasteiger charge is 2.25. The molecule has 4 heterocycles. The molecule has 7 nitrogen and oxygen atoms in total. The van der Waals surface area contributed by atoms with Crippen molar-refractivity contribution in [2.75, 3.05) is 44.7 Å². The summed E-state index contributed by atoms with van der Waals surface area (Å²) >= 11 is 2.99. The second-order valence-corrected chi connectivity index (χ2v) is 8.19. The molecule has 1 aliphatic heterocycles. The third-order valence-electron chi connectivity index (χ3n) is 4.62. The summed E-state index contributed by atoms with van der Waals surface area (Å²) in [5.74, 6) is 0.793. The molecule has 27 heavy (non-hydrogen) atoms. The molecule has 0 bridgehead atoms. The predicted molar refractivity (Wildman–Crippen MR) is 107 cm³/mol. The fourth-order valence-corrected chi connectivity index (χ4v) is 4.60. The highest BCUT2D eigenvalue weighted by atomic mass is 32.1. The van der Waals surface area contributed by atoms with E-state index in [1.54, 1.807) is 30.8 Å². The van der Waals surface area contributed by atoms with Crippen LogP contribution in [0.2, 0.25) is 0 Å². The molecule has 0 unspecified atom stereocenters. The summed E-state index contributed by atoms with van der Waals surface area (Å²) < 4.78 is 0. The number of carbonyl (C=O) groups excluding carboxylic acids is 2. The van der Waals surface area contributed by atoms with Gasteiger partial charge in [-0.1, -0.05) is 6.07 Å². The number of hydrogen-bond donors (Lipinski definition) is 0. The average molecular weight is 402 g/mol. The monoisotopic (exact) mass is 401 g/mol. The second kappa shape index (κ2) is 7.61. The van der Waals surface area contributed by atoms with Gasteiger partial charge in [-0.15, -0.1) is 22.7 Å². The van der Waals surface area contributed by atoms with Crippen molar-refractivity contribution >= 4 is 50.5 Å². The lowest BCUT2D eigenvalue weighted by Gasteiger charge is -2.36. The molecule has 3 aromatic heterocycles. The number of anilines is 1. The van der Waals surface area contributed by atoms with E-state index in [1.807, 2.05) is 27.8 Å². The van der Waals surface area contributed by atoms with Crippen LogP contribution in [0, 0.1) is 0 Å². The van der Waals surface area contributed by atoms with Crippen molar-refractivity contribution < 1.29 is 9.59 Å². The van der Waals surface area contributed by atoms with Crippen LogP contribution >= 0.6 is 22.7 Å². The van der Waals surface area contributed by atoms with E-state index in [9.17, 15) is 9.59 Å². The summed E-state index contributed by atoms with van der Waals surface area (Å²) in [7, 11) is 1.67. The van der Waals surface area contributed by atoms with Crippen LogP contribution in [0.25, 0.3) is 10.2 Å². The lowest BCUT2D eigenvalue weighted by Crippen LogP contribution is -2.51. The Morgan fingerprint density at radius 2 is 1.93 bits per heavy atom. The van der Waals surface area contributed by atoms with Crippen LogP contribution < -0.4 is 4.90 Å². The third-order valence-corrected chi connectivity index (χ3v) is 6.30. The molecule has 0 saturated carbocycles.